The lowest BCUT2D eigenvalue weighted by Gasteiger charge is -2.12. The summed E-state index contributed by atoms with van der Waals surface area (Å²) in [5.41, 5.74) is 0.673. The first kappa shape index (κ1) is 17.9. The Bertz CT molecular complexity index is 985. The van der Waals surface area contributed by atoms with Gasteiger partial charge in [-0.2, -0.15) is 0 Å². The van der Waals surface area contributed by atoms with Crippen LogP contribution in [0.2, 0.25) is 0 Å². The van der Waals surface area contributed by atoms with Crippen molar-refractivity contribution in [2.45, 2.75) is 0 Å². The van der Waals surface area contributed by atoms with Crippen molar-refractivity contribution in [3.8, 4) is 17.2 Å². The Morgan fingerprint density at radius 3 is 2.63 bits per heavy atom. The lowest BCUT2D eigenvalue weighted by Crippen LogP contribution is -2.13. The van der Waals surface area contributed by atoms with E-state index in [-0.39, 0.29) is 11.3 Å². The first-order valence-electron chi connectivity index (χ1n) is 7.83. The van der Waals surface area contributed by atoms with Gasteiger partial charge in [0.05, 0.1) is 31.2 Å². The summed E-state index contributed by atoms with van der Waals surface area (Å²) in [5, 5.41) is 14.1. The fourth-order valence-electron chi connectivity index (χ4n) is 2.53. The van der Waals surface area contributed by atoms with Crippen LogP contribution in [0.3, 0.4) is 0 Å². The number of rotatable bonds is 6. The van der Waals surface area contributed by atoms with Crippen molar-refractivity contribution in [3.63, 3.8) is 0 Å². The van der Waals surface area contributed by atoms with Gasteiger partial charge in [0.2, 0.25) is 0 Å². The highest BCUT2D eigenvalue weighted by Gasteiger charge is 2.19. The van der Waals surface area contributed by atoms with Gasteiger partial charge in [-0.15, -0.1) is 0 Å². The second-order valence-electron chi connectivity index (χ2n) is 5.45. The second kappa shape index (κ2) is 7.56. The van der Waals surface area contributed by atoms with Gasteiger partial charge in [-0.05, 0) is 24.3 Å². The quantitative estimate of drug-likeness (QED) is 0.529. The highest BCUT2D eigenvalue weighted by atomic mass is 16.6. The summed E-state index contributed by atoms with van der Waals surface area (Å²) in [6, 6.07) is 9.15. The monoisotopic (exact) mass is 368 g/mol. The Labute approximate surface area is 154 Å². The first-order chi connectivity index (χ1) is 13.0. The van der Waals surface area contributed by atoms with Gasteiger partial charge in [0.15, 0.2) is 0 Å². The summed E-state index contributed by atoms with van der Waals surface area (Å²) in [7, 11) is 2.99. The third-order valence-electron chi connectivity index (χ3n) is 3.87. The van der Waals surface area contributed by atoms with E-state index in [9.17, 15) is 14.9 Å². The standard InChI is InChI=1S/C18H16N4O5/c1-26-13-4-5-14(17(10-13)27-2)20-18(23)12-3-6-15(16(9-12)22(24)25)21-8-7-19-11-21/h3-11H,1-2H3,(H,20,23). The van der Waals surface area contributed by atoms with E-state index >= 15 is 0 Å². The number of carbonyl (C=O) groups is 1. The van der Waals surface area contributed by atoms with Crippen LogP contribution in [0.15, 0.2) is 55.1 Å². The Hall–Kier alpha value is -3.88. The Kier molecular flexibility index (Phi) is 5.02. The molecule has 1 heterocycles. The van der Waals surface area contributed by atoms with E-state index in [1.807, 2.05) is 0 Å². The maximum atomic E-state index is 12.6. The lowest BCUT2D eigenvalue weighted by molar-refractivity contribution is -0.384. The van der Waals surface area contributed by atoms with Gasteiger partial charge < -0.3 is 19.4 Å². The van der Waals surface area contributed by atoms with Crippen molar-refractivity contribution in [1.82, 2.24) is 9.55 Å². The molecule has 0 saturated heterocycles. The number of methoxy groups -OCH3 is 2. The molecular formula is C18H16N4O5. The lowest BCUT2D eigenvalue weighted by atomic mass is 10.1. The van der Waals surface area contributed by atoms with E-state index in [0.29, 0.717) is 22.9 Å². The highest BCUT2D eigenvalue weighted by molar-refractivity contribution is 6.05. The first-order valence-corrected chi connectivity index (χ1v) is 7.83. The summed E-state index contributed by atoms with van der Waals surface area (Å²) in [5.74, 6) is 0.483. The number of imidazole rings is 1. The second-order valence-corrected chi connectivity index (χ2v) is 5.45. The third kappa shape index (κ3) is 3.71. The maximum absolute atomic E-state index is 12.6. The molecule has 0 aliphatic carbocycles. The molecule has 0 bridgehead atoms. The summed E-state index contributed by atoms with van der Waals surface area (Å²) >= 11 is 0. The minimum atomic E-state index is -0.542. The van der Waals surface area contributed by atoms with Crippen LogP contribution >= 0.6 is 0 Å². The average Bonchev–Trinajstić information content (AvgIpc) is 3.22. The minimum Gasteiger partial charge on any atom is -0.497 e. The predicted octanol–water partition coefficient (Wildman–Crippen LogP) is 3.05. The topological polar surface area (TPSA) is 109 Å². The zero-order valence-electron chi connectivity index (χ0n) is 14.6. The summed E-state index contributed by atoms with van der Waals surface area (Å²) < 4.78 is 11.9. The van der Waals surface area contributed by atoms with Crippen LogP contribution in [-0.2, 0) is 0 Å². The highest BCUT2D eigenvalue weighted by Crippen LogP contribution is 2.30. The molecule has 0 unspecified atom stereocenters. The van der Waals surface area contributed by atoms with Crippen molar-refractivity contribution in [2.24, 2.45) is 0 Å². The van der Waals surface area contributed by atoms with Gasteiger partial charge in [-0.25, -0.2) is 4.98 Å². The van der Waals surface area contributed by atoms with Crippen molar-refractivity contribution in [1.29, 1.82) is 0 Å². The molecule has 138 valence electrons. The van der Waals surface area contributed by atoms with Crippen LogP contribution in [0.25, 0.3) is 5.69 Å². The summed E-state index contributed by atoms with van der Waals surface area (Å²) in [6.07, 6.45) is 4.55. The number of nitro benzene ring substituents is 1. The molecule has 2 aromatic carbocycles. The van der Waals surface area contributed by atoms with Gasteiger partial charge >= 0.3 is 0 Å². The predicted molar refractivity (Wildman–Crippen MR) is 97.7 cm³/mol. The summed E-state index contributed by atoms with van der Waals surface area (Å²) in [6.45, 7) is 0. The molecule has 0 saturated carbocycles. The van der Waals surface area contributed by atoms with Gasteiger partial charge in [0.1, 0.15) is 17.2 Å². The molecule has 1 amide bonds. The van der Waals surface area contributed by atoms with Gasteiger partial charge in [0.25, 0.3) is 11.6 Å². The Morgan fingerprint density at radius 1 is 1.19 bits per heavy atom. The fourth-order valence-corrected chi connectivity index (χ4v) is 2.53. The number of ether oxygens (including phenoxy) is 2. The zero-order valence-corrected chi connectivity index (χ0v) is 14.6. The molecule has 27 heavy (non-hydrogen) atoms. The number of aromatic nitrogens is 2. The molecule has 1 aromatic heterocycles. The van der Waals surface area contributed by atoms with Crippen molar-refractivity contribution in [2.75, 3.05) is 19.5 Å². The smallest absolute Gasteiger partial charge is 0.294 e. The van der Waals surface area contributed by atoms with Crippen molar-refractivity contribution < 1.29 is 19.2 Å². The van der Waals surface area contributed by atoms with Crippen LogP contribution in [-0.4, -0.2) is 34.6 Å². The van der Waals surface area contributed by atoms with Crippen LogP contribution in [0.1, 0.15) is 10.4 Å². The van der Waals surface area contributed by atoms with Crippen molar-refractivity contribution in [3.05, 3.63) is 70.8 Å². The molecule has 3 aromatic rings. The number of anilines is 1. The van der Waals surface area contributed by atoms with Gasteiger partial charge in [-0.3, -0.25) is 14.9 Å². The van der Waals surface area contributed by atoms with Crippen LogP contribution in [0.4, 0.5) is 11.4 Å². The normalized spacial score (nSPS) is 10.3. The van der Waals surface area contributed by atoms with E-state index < -0.39 is 10.8 Å². The molecule has 0 spiro atoms. The van der Waals surface area contributed by atoms with Gasteiger partial charge in [-0.1, -0.05) is 0 Å². The number of nitro groups is 1. The summed E-state index contributed by atoms with van der Waals surface area (Å²) in [4.78, 5) is 27.3. The van der Waals surface area contributed by atoms with Crippen LogP contribution in [0.5, 0.6) is 11.5 Å². The van der Waals surface area contributed by atoms with E-state index in [4.69, 9.17) is 9.47 Å². The van der Waals surface area contributed by atoms with E-state index in [1.165, 1.54) is 49.5 Å². The van der Waals surface area contributed by atoms with E-state index in [0.717, 1.165) is 0 Å². The number of carbonyl (C=O) groups excluding carboxylic acids is 1. The zero-order chi connectivity index (χ0) is 19.4. The third-order valence-corrected chi connectivity index (χ3v) is 3.87. The van der Waals surface area contributed by atoms with E-state index in [1.54, 1.807) is 24.4 Å². The van der Waals surface area contributed by atoms with Gasteiger partial charge in [0, 0.05) is 30.1 Å². The number of amides is 1. The number of nitrogens with zero attached hydrogens (tertiary/aromatic N) is 3. The van der Waals surface area contributed by atoms with Crippen molar-refractivity contribution >= 4 is 17.3 Å². The number of benzene rings is 2. The molecule has 0 radical (unpaired) electrons. The molecule has 3 rings (SSSR count). The Morgan fingerprint density at radius 2 is 2.00 bits per heavy atom. The average molecular weight is 368 g/mol. The molecular weight excluding hydrogens is 352 g/mol. The Balaban J connectivity index is 1.92. The molecule has 0 aliphatic heterocycles. The minimum absolute atomic E-state index is 0.142. The van der Waals surface area contributed by atoms with E-state index in [2.05, 4.69) is 10.3 Å². The molecule has 1 N–H and O–H groups in total. The molecule has 9 heteroatoms. The SMILES string of the molecule is COc1ccc(NC(=O)c2ccc(-n3ccnc3)c([N+](=O)[O-])c2)c(OC)c1. The number of nitrogens with one attached hydrogen (secondary N) is 1. The largest absolute Gasteiger partial charge is 0.497 e. The van der Waals surface area contributed by atoms with Crippen LogP contribution in [0, 0.1) is 10.1 Å². The number of hydrogen-bond donors (Lipinski definition) is 1. The fraction of sp³-hybridized carbons (Fsp3) is 0.111. The molecule has 0 fully saturated rings. The molecule has 9 nitrogen and oxygen atoms in total. The maximum Gasteiger partial charge on any atom is 0.294 e. The van der Waals surface area contributed by atoms with Crippen LogP contribution < -0.4 is 14.8 Å². The number of hydrogen-bond acceptors (Lipinski definition) is 6. The molecule has 0 aliphatic rings. The molecule has 0 atom stereocenters.